The predicted octanol–water partition coefficient (Wildman–Crippen LogP) is 2.09. The van der Waals surface area contributed by atoms with Crippen LogP contribution >= 0.6 is 0 Å². The van der Waals surface area contributed by atoms with Crippen molar-refractivity contribution in [3.63, 3.8) is 0 Å². The minimum Gasteiger partial charge on any atom is -0.432 e. The Morgan fingerprint density at radius 3 is 1.98 bits per heavy atom. The predicted molar refractivity (Wildman–Crippen MR) is 197 cm³/mol. The molecule has 13 nitrogen and oxygen atoms in total. The largest absolute Gasteiger partial charge is 0.432 e. The summed E-state index contributed by atoms with van der Waals surface area (Å²) in [4.78, 5) is 14.6. The average Bonchev–Trinajstić information content (AvgIpc) is 3.14. The van der Waals surface area contributed by atoms with E-state index in [1.54, 1.807) is 0 Å². The molecule has 0 aromatic rings. The maximum absolute atomic E-state index is 14.6. The summed E-state index contributed by atoms with van der Waals surface area (Å²) >= 11 is 0. The highest BCUT2D eigenvalue weighted by Crippen LogP contribution is 2.76. The number of hydrogen-bond donors (Lipinski definition) is 8. The van der Waals surface area contributed by atoms with E-state index in [1.165, 1.54) is 5.57 Å². The molecule has 0 radical (unpaired) electrons. The zero-order valence-corrected chi connectivity index (χ0v) is 33.3. The fraction of sp³-hybridized carbons (Fsp3) is 0.881. The number of carbonyl (C=O) groups is 1. The molecule has 55 heavy (non-hydrogen) atoms. The average molecular weight is 779 g/mol. The molecule has 7 aliphatic rings. The van der Waals surface area contributed by atoms with Crippen molar-refractivity contribution in [3.8, 4) is 0 Å². The molecular formula is C42H66O13. The Labute approximate surface area is 324 Å². The van der Waals surface area contributed by atoms with Crippen LogP contribution in [0.1, 0.15) is 99.3 Å². The Hall–Kier alpha value is -1.49. The van der Waals surface area contributed by atoms with Crippen LogP contribution in [-0.2, 0) is 23.7 Å². The van der Waals surface area contributed by atoms with E-state index >= 15 is 0 Å². The first-order valence-electron chi connectivity index (χ1n) is 20.6. The highest BCUT2D eigenvalue weighted by atomic mass is 16.7. The molecule has 0 aromatic heterocycles. The number of ether oxygens (including phenoxy) is 4. The Morgan fingerprint density at radius 1 is 0.764 bits per heavy atom. The maximum atomic E-state index is 14.6. The van der Waals surface area contributed by atoms with Crippen molar-refractivity contribution in [1.82, 2.24) is 0 Å². The number of fused-ring (bicyclic) bond motifs is 7. The lowest BCUT2D eigenvalue weighted by atomic mass is 9.33. The van der Waals surface area contributed by atoms with Crippen LogP contribution < -0.4 is 0 Å². The number of hydrogen-bond acceptors (Lipinski definition) is 13. The number of rotatable bonds is 6. The standard InChI is InChI=1S/C42H66O13/c1-20-10-15-42(37(51)55-36-34(50)32(48)30(46)24(19-44)53-36)17-16-40(6)22(28(42)21(20)2)8-9-26-39(5)13-12-27(38(3,4)25(39)11-14-41(26,40)7)54-35-33(49)31(47)29(45)23(18-43)52-35/h8,20,23-36,43-50H,2,9-19H2,1,3-7H3/t20-,23-,24-,25-,26-,27+,28-,29-,30-,31-,32-,33-,34-,35+,36+,39-,40-,41-,42+/m1/s1. The third-order valence-electron chi connectivity index (χ3n) is 17.0. The van der Waals surface area contributed by atoms with Gasteiger partial charge in [0.15, 0.2) is 6.29 Å². The summed E-state index contributed by atoms with van der Waals surface area (Å²) in [6, 6.07) is 0. The monoisotopic (exact) mass is 778 g/mol. The lowest BCUT2D eigenvalue weighted by Gasteiger charge is -2.71. The van der Waals surface area contributed by atoms with Gasteiger partial charge in [0.2, 0.25) is 6.29 Å². The molecular weight excluding hydrogens is 712 g/mol. The molecule has 0 aromatic carbocycles. The molecule has 312 valence electrons. The van der Waals surface area contributed by atoms with Gasteiger partial charge in [0.05, 0.1) is 24.7 Å². The van der Waals surface area contributed by atoms with Gasteiger partial charge in [0.1, 0.15) is 48.8 Å². The molecule has 5 aliphatic carbocycles. The van der Waals surface area contributed by atoms with Crippen molar-refractivity contribution in [1.29, 1.82) is 0 Å². The zero-order valence-electron chi connectivity index (χ0n) is 33.3. The third-order valence-corrected chi connectivity index (χ3v) is 17.0. The molecule has 19 atom stereocenters. The molecule has 6 fully saturated rings. The SMILES string of the molecule is C=C1[C@@H]2C3=CC[C@@H]4[C@]5(C)CC[C@H](O[C@@H]6O[C@H](CO)[C@@H](O)[C@@H](O)[C@H]6O)C(C)(C)[C@H]5CC[C@@]4(C)[C@]3(C)CC[C@@]2(C(=O)O[C@@H]2O[C@H](CO)[C@@H](O)[C@@H](O)[C@H]2O)CC[C@H]1C. The second kappa shape index (κ2) is 14.4. The summed E-state index contributed by atoms with van der Waals surface area (Å²) in [7, 11) is 0. The van der Waals surface area contributed by atoms with E-state index < -0.39 is 86.0 Å². The van der Waals surface area contributed by atoms with Gasteiger partial charge in [0, 0.05) is 5.92 Å². The van der Waals surface area contributed by atoms with Gasteiger partial charge >= 0.3 is 5.97 Å². The van der Waals surface area contributed by atoms with Gasteiger partial charge in [0.25, 0.3) is 0 Å². The number of carbonyl (C=O) groups excluding carboxylic acids is 1. The van der Waals surface area contributed by atoms with Crippen LogP contribution in [0, 0.1) is 50.7 Å². The Kier molecular flexibility index (Phi) is 10.9. The van der Waals surface area contributed by atoms with E-state index in [4.69, 9.17) is 18.9 Å². The van der Waals surface area contributed by atoms with Crippen molar-refractivity contribution in [2.24, 2.45) is 50.7 Å². The molecule has 2 aliphatic heterocycles. The summed E-state index contributed by atoms with van der Waals surface area (Å²) in [5.74, 6) is -0.0287. The maximum Gasteiger partial charge on any atom is 0.315 e. The normalized spacial score (nSPS) is 53.5. The van der Waals surface area contributed by atoms with Crippen LogP contribution in [0.3, 0.4) is 0 Å². The van der Waals surface area contributed by atoms with Gasteiger partial charge in [-0.3, -0.25) is 4.79 Å². The van der Waals surface area contributed by atoms with Crippen molar-refractivity contribution in [2.45, 2.75) is 167 Å². The molecule has 0 spiro atoms. The lowest BCUT2D eigenvalue weighted by molar-refractivity contribution is -0.330. The topological polar surface area (TPSA) is 216 Å². The van der Waals surface area contributed by atoms with Crippen LogP contribution in [-0.4, -0.2) is 128 Å². The lowest BCUT2D eigenvalue weighted by Crippen LogP contribution is -2.66. The minimum absolute atomic E-state index is 0.0653. The van der Waals surface area contributed by atoms with E-state index in [2.05, 4.69) is 54.2 Å². The van der Waals surface area contributed by atoms with Gasteiger partial charge in [-0.25, -0.2) is 0 Å². The first-order chi connectivity index (χ1) is 25.7. The van der Waals surface area contributed by atoms with Crippen LogP contribution in [0.15, 0.2) is 23.8 Å². The molecule has 8 N–H and O–H groups in total. The Bertz CT molecular complexity index is 1510. The fourth-order valence-electron chi connectivity index (χ4n) is 13.4. The van der Waals surface area contributed by atoms with Crippen LogP contribution in [0.4, 0.5) is 0 Å². The summed E-state index contributed by atoms with van der Waals surface area (Å²) in [6.45, 7) is 17.4. The van der Waals surface area contributed by atoms with Crippen molar-refractivity contribution >= 4 is 5.97 Å². The molecule has 2 heterocycles. The third kappa shape index (κ3) is 5.99. The van der Waals surface area contributed by atoms with Crippen molar-refractivity contribution < 1.29 is 64.6 Å². The smallest absolute Gasteiger partial charge is 0.315 e. The number of aliphatic hydroxyl groups is 8. The molecule has 13 heteroatoms. The molecule has 7 rings (SSSR count). The van der Waals surface area contributed by atoms with Crippen LogP contribution in [0.5, 0.6) is 0 Å². The van der Waals surface area contributed by atoms with E-state index in [9.17, 15) is 45.6 Å². The summed E-state index contributed by atoms with van der Waals surface area (Å²) < 4.78 is 23.9. The summed E-state index contributed by atoms with van der Waals surface area (Å²) in [6.07, 6.45) is -5.18. The van der Waals surface area contributed by atoms with Gasteiger partial charge in [-0.2, -0.15) is 0 Å². The van der Waals surface area contributed by atoms with Crippen molar-refractivity contribution in [2.75, 3.05) is 13.2 Å². The van der Waals surface area contributed by atoms with Gasteiger partial charge in [-0.15, -0.1) is 0 Å². The number of allylic oxidation sites excluding steroid dienone is 3. The molecule has 0 amide bonds. The second-order valence-corrected chi connectivity index (χ2v) is 19.7. The van der Waals surface area contributed by atoms with Crippen LogP contribution in [0.25, 0.3) is 0 Å². The number of esters is 1. The summed E-state index contributed by atoms with van der Waals surface area (Å²) in [5, 5.41) is 82.7. The quantitative estimate of drug-likeness (QED) is 0.110. The van der Waals surface area contributed by atoms with E-state index in [0.717, 1.165) is 44.1 Å². The summed E-state index contributed by atoms with van der Waals surface area (Å²) in [5.41, 5.74) is 0.529. The fourth-order valence-corrected chi connectivity index (χ4v) is 13.4. The van der Waals surface area contributed by atoms with E-state index in [-0.39, 0.29) is 45.5 Å². The molecule has 4 saturated carbocycles. The zero-order chi connectivity index (χ0) is 40.2. The van der Waals surface area contributed by atoms with E-state index in [1.807, 2.05) is 0 Å². The highest BCUT2D eigenvalue weighted by molar-refractivity contribution is 5.80. The molecule has 0 unspecified atom stereocenters. The Morgan fingerprint density at radius 2 is 1.36 bits per heavy atom. The molecule has 2 saturated heterocycles. The molecule has 0 bridgehead atoms. The van der Waals surface area contributed by atoms with Gasteiger partial charge < -0.3 is 59.8 Å². The van der Waals surface area contributed by atoms with Crippen molar-refractivity contribution in [3.05, 3.63) is 23.8 Å². The Balaban J connectivity index is 1.16. The van der Waals surface area contributed by atoms with Crippen LogP contribution in [0.2, 0.25) is 0 Å². The van der Waals surface area contributed by atoms with Gasteiger partial charge in [-0.1, -0.05) is 65.3 Å². The first kappa shape index (κ1) is 41.7. The first-order valence-corrected chi connectivity index (χ1v) is 20.6. The van der Waals surface area contributed by atoms with E-state index in [0.29, 0.717) is 25.2 Å². The second-order valence-electron chi connectivity index (χ2n) is 19.7. The number of aliphatic hydroxyl groups excluding tert-OH is 8. The van der Waals surface area contributed by atoms with Gasteiger partial charge in [-0.05, 0) is 97.2 Å². The minimum atomic E-state index is -1.68. The highest BCUT2D eigenvalue weighted by Gasteiger charge is 2.70.